The number of rotatable bonds is 3. The summed E-state index contributed by atoms with van der Waals surface area (Å²) in [5.74, 6) is -2.79. The maximum atomic E-state index is 13.4. The number of hydrogen-bond donors (Lipinski definition) is 1. The first-order valence-corrected chi connectivity index (χ1v) is 6.78. The molecule has 1 saturated carbocycles. The molecule has 116 valence electrons. The fourth-order valence-corrected chi connectivity index (χ4v) is 3.10. The molecule has 0 heterocycles. The van der Waals surface area contributed by atoms with E-state index in [-0.39, 0.29) is 11.5 Å². The molecule has 6 heteroatoms. The van der Waals surface area contributed by atoms with Gasteiger partial charge in [0.2, 0.25) is 0 Å². The van der Waals surface area contributed by atoms with Crippen molar-refractivity contribution in [3.63, 3.8) is 0 Å². The minimum Gasteiger partial charge on any atom is -0.481 e. The predicted molar refractivity (Wildman–Crippen MR) is 68.3 cm³/mol. The van der Waals surface area contributed by atoms with Crippen LogP contribution in [0.5, 0.6) is 0 Å². The first-order chi connectivity index (χ1) is 9.67. The molecular weight excluding hydrogens is 288 g/mol. The Bertz CT molecular complexity index is 547. The molecule has 0 amide bonds. The summed E-state index contributed by atoms with van der Waals surface area (Å²) in [5.41, 5.74) is -2.83. The molecule has 0 aromatic heterocycles. The van der Waals surface area contributed by atoms with Crippen LogP contribution >= 0.6 is 0 Å². The molecule has 0 saturated heterocycles. The van der Waals surface area contributed by atoms with Crippen LogP contribution in [0.25, 0.3) is 0 Å². The molecule has 1 fully saturated rings. The van der Waals surface area contributed by atoms with Gasteiger partial charge in [0.25, 0.3) is 0 Å². The second kappa shape index (κ2) is 5.31. The summed E-state index contributed by atoms with van der Waals surface area (Å²) in [6, 6.07) is 2.49. The van der Waals surface area contributed by atoms with Crippen LogP contribution in [-0.4, -0.2) is 11.1 Å². The highest BCUT2D eigenvalue weighted by Gasteiger charge is 2.45. The third-order valence-electron chi connectivity index (χ3n) is 4.49. The van der Waals surface area contributed by atoms with Crippen molar-refractivity contribution < 1.29 is 27.5 Å². The van der Waals surface area contributed by atoms with Crippen LogP contribution in [0.1, 0.15) is 43.7 Å². The predicted octanol–water partition coefficient (Wildman–Crippen LogP) is 4.38. The number of hydrogen-bond acceptors (Lipinski definition) is 1. The maximum absolute atomic E-state index is 13.4. The van der Waals surface area contributed by atoms with E-state index >= 15 is 0 Å². The highest BCUT2D eigenvalue weighted by molar-refractivity contribution is 5.81. The number of carbonyl (C=O) groups is 1. The number of aliphatic carboxylic acids is 1. The van der Waals surface area contributed by atoms with Crippen molar-refractivity contribution in [2.24, 2.45) is 5.92 Å². The van der Waals surface area contributed by atoms with Gasteiger partial charge in [-0.2, -0.15) is 13.2 Å². The molecule has 0 bridgehead atoms. The number of halogens is 4. The van der Waals surface area contributed by atoms with Gasteiger partial charge in [-0.25, -0.2) is 4.39 Å². The van der Waals surface area contributed by atoms with Gasteiger partial charge < -0.3 is 5.11 Å². The normalized spacial score (nSPS) is 19.5. The van der Waals surface area contributed by atoms with Gasteiger partial charge in [0.15, 0.2) is 0 Å². The standard InChI is InChI=1S/C15H16F4O2/c1-14(13(20)21,9-4-2-3-5-9)10-6-7-12(16)11(8-10)15(17,18)19/h6-9H,2-5H2,1H3,(H,20,21). The Morgan fingerprint density at radius 2 is 1.81 bits per heavy atom. The van der Waals surface area contributed by atoms with E-state index in [2.05, 4.69) is 0 Å². The van der Waals surface area contributed by atoms with Crippen molar-refractivity contribution >= 4 is 5.97 Å². The Balaban J connectivity index is 2.54. The molecule has 1 aromatic rings. The zero-order valence-corrected chi connectivity index (χ0v) is 11.5. The van der Waals surface area contributed by atoms with Crippen molar-refractivity contribution in [2.45, 2.75) is 44.2 Å². The first-order valence-electron chi connectivity index (χ1n) is 6.78. The summed E-state index contributed by atoms with van der Waals surface area (Å²) < 4.78 is 51.8. The lowest BCUT2D eigenvalue weighted by atomic mass is 9.70. The second-order valence-electron chi connectivity index (χ2n) is 5.68. The molecule has 1 aliphatic rings. The molecule has 0 radical (unpaired) electrons. The van der Waals surface area contributed by atoms with Crippen LogP contribution in [0, 0.1) is 11.7 Å². The number of benzene rings is 1. The molecule has 1 aliphatic carbocycles. The summed E-state index contributed by atoms with van der Waals surface area (Å²) in [5, 5.41) is 9.53. The van der Waals surface area contributed by atoms with Gasteiger partial charge in [-0.05, 0) is 43.4 Å². The largest absolute Gasteiger partial charge is 0.481 e. The Morgan fingerprint density at radius 3 is 2.29 bits per heavy atom. The van der Waals surface area contributed by atoms with E-state index in [0.717, 1.165) is 18.9 Å². The zero-order valence-electron chi connectivity index (χ0n) is 11.5. The van der Waals surface area contributed by atoms with Gasteiger partial charge in [-0.15, -0.1) is 0 Å². The number of alkyl halides is 3. The van der Waals surface area contributed by atoms with Gasteiger partial charge in [-0.1, -0.05) is 18.9 Å². The van der Waals surface area contributed by atoms with E-state index in [1.165, 1.54) is 6.92 Å². The van der Waals surface area contributed by atoms with E-state index < -0.39 is 28.9 Å². The van der Waals surface area contributed by atoms with Crippen molar-refractivity contribution in [3.8, 4) is 0 Å². The Hall–Kier alpha value is -1.59. The van der Waals surface area contributed by atoms with Gasteiger partial charge in [0.05, 0.1) is 11.0 Å². The topological polar surface area (TPSA) is 37.3 Å². The lowest BCUT2D eigenvalue weighted by molar-refractivity contribution is -0.146. The summed E-state index contributed by atoms with van der Waals surface area (Å²) in [4.78, 5) is 11.7. The molecule has 21 heavy (non-hydrogen) atoms. The van der Waals surface area contributed by atoms with Gasteiger partial charge in [0.1, 0.15) is 5.82 Å². The first kappa shape index (κ1) is 15.8. The third kappa shape index (κ3) is 2.76. The van der Waals surface area contributed by atoms with E-state index in [4.69, 9.17) is 0 Å². The van der Waals surface area contributed by atoms with Crippen LogP contribution in [-0.2, 0) is 16.4 Å². The van der Waals surface area contributed by atoms with E-state index in [0.29, 0.717) is 25.0 Å². The van der Waals surface area contributed by atoms with E-state index in [1.54, 1.807) is 0 Å². The Kier molecular flexibility index (Phi) is 4.00. The van der Waals surface area contributed by atoms with Crippen molar-refractivity contribution in [2.75, 3.05) is 0 Å². The highest BCUT2D eigenvalue weighted by atomic mass is 19.4. The van der Waals surface area contributed by atoms with Gasteiger partial charge in [-0.3, -0.25) is 4.79 Å². The fourth-order valence-electron chi connectivity index (χ4n) is 3.10. The average Bonchev–Trinajstić information content (AvgIpc) is 2.90. The number of carboxylic acid groups (broad SMARTS) is 1. The summed E-state index contributed by atoms with van der Waals surface area (Å²) in [7, 11) is 0. The molecule has 1 N–H and O–H groups in total. The van der Waals surface area contributed by atoms with Crippen LogP contribution < -0.4 is 0 Å². The van der Waals surface area contributed by atoms with Crippen LogP contribution in [0.15, 0.2) is 18.2 Å². The maximum Gasteiger partial charge on any atom is 0.419 e. The molecule has 2 nitrogen and oxygen atoms in total. The summed E-state index contributed by atoms with van der Waals surface area (Å²) in [6.07, 6.45) is -1.81. The number of carboxylic acids is 1. The molecular formula is C15H16F4O2. The minimum atomic E-state index is -4.84. The SMILES string of the molecule is CC(C(=O)O)(c1ccc(F)c(C(F)(F)F)c1)C1CCCC1. The highest BCUT2D eigenvalue weighted by Crippen LogP contribution is 2.44. The average molecular weight is 304 g/mol. The fraction of sp³-hybridized carbons (Fsp3) is 0.533. The quantitative estimate of drug-likeness (QED) is 0.842. The molecule has 1 aromatic carbocycles. The van der Waals surface area contributed by atoms with Crippen molar-refractivity contribution in [1.82, 2.24) is 0 Å². The van der Waals surface area contributed by atoms with Gasteiger partial charge >= 0.3 is 12.1 Å². The van der Waals surface area contributed by atoms with Gasteiger partial charge in [0, 0.05) is 0 Å². The lowest BCUT2D eigenvalue weighted by Crippen LogP contribution is -2.39. The summed E-state index contributed by atoms with van der Waals surface area (Å²) >= 11 is 0. The van der Waals surface area contributed by atoms with E-state index in [1.807, 2.05) is 0 Å². The van der Waals surface area contributed by atoms with Crippen LogP contribution in [0.2, 0.25) is 0 Å². The zero-order chi connectivity index (χ0) is 15.8. The summed E-state index contributed by atoms with van der Waals surface area (Å²) in [6.45, 7) is 1.43. The lowest BCUT2D eigenvalue weighted by Gasteiger charge is -2.32. The third-order valence-corrected chi connectivity index (χ3v) is 4.49. The Morgan fingerprint density at radius 1 is 1.24 bits per heavy atom. The molecule has 1 unspecified atom stereocenters. The van der Waals surface area contributed by atoms with Crippen molar-refractivity contribution in [1.29, 1.82) is 0 Å². The molecule has 0 aliphatic heterocycles. The van der Waals surface area contributed by atoms with Crippen LogP contribution in [0.4, 0.5) is 17.6 Å². The van der Waals surface area contributed by atoms with E-state index in [9.17, 15) is 27.5 Å². The molecule has 1 atom stereocenters. The molecule has 2 rings (SSSR count). The smallest absolute Gasteiger partial charge is 0.419 e. The minimum absolute atomic E-state index is 0.00984. The second-order valence-corrected chi connectivity index (χ2v) is 5.68. The Labute approximate surface area is 119 Å². The van der Waals surface area contributed by atoms with Crippen LogP contribution in [0.3, 0.4) is 0 Å². The van der Waals surface area contributed by atoms with Crippen molar-refractivity contribution in [3.05, 3.63) is 35.1 Å². The molecule has 0 spiro atoms. The monoisotopic (exact) mass is 304 g/mol.